The Kier molecular flexibility index (Phi) is 13.1. The van der Waals surface area contributed by atoms with Crippen molar-refractivity contribution in [1.29, 1.82) is 0 Å². The number of ether oxygens (including phenoxy) is 1. The molecule has 0 aliphatic heterocycles. The SMILES string of the molecule is CCNC(=NCCCOCC(C)C)NCCn1cc(C)cn1.I. The Morgan fingerprint density at radius 1 is 1.39 bits per heavy atom. The van der Waals surface area contributed by atoms with Crippen LogP contribution < -0.4 is 10.6 Å². The maximum Gasteiger partial charge on any atom is 0.191 e. The van der Waals surface area contributed by atoms with E-state index < -0.39 is 0 Å². The van der Waals surface area contributed by atoms with E-state index in [4.69, 9.17) is 4.74 Å². The van der Waals surface area contributed by atoms with E-state index in [9.17, 15) is 0 Å². The summed E-state index contributed by atoms with van der Waals surface area (Å²) >= 11 is 0. The highest BCUT2D eigenvalue weighted by Gasteiger charge is 1.98. The predicted octanol–water partition coefficient (Wildman–Crippen LogP) is 2.43. The van der Waals surface area contributed by atoms with Crippen molar-refractivity contribution >= 4 is 29.9 Å². The van der Waals surface area contributed by atoms with E-state index in [0.717, 1.165) is 51.8 Å². The van der Waals surface area contributed by atoms with Crippen LogP contribution in [0.5, 0.6) is 0 Å². The van der Waals surface area contributed by atoms with Crippen LogP contribution in [-0.2, 0) is 11.3 Å². The van der Waals surface area contributed by atoms with Gasteiger partial charge in [0.2, 0.25) is 0 Å². The van der Waals surface area contributed by atoms with Gasteiger partial charge in [0.15, 0.2) is 5.96 Å². The van der Waals surface area contributed by atoms with Gasteiger partial charge in [-0.3, -0.25) is 9.67 Å². The molecule has 0 aliphatic rings. The van der Waals surface area contributed by atoms with Crippen LogP contribution in [0.3, 0.4) is 0 Å². The van der Waals surface area contributed by atoms with E-state index in [0.29, 0.717) is 5.92 Å². The smallest absolute Gasteiger partial charge is 0.191 e. The van der Waals surface area contributed by atoms with Crippen LogP contribution in [0.15, 0.2) is 17.4 Å². The van der Waals surface area contributed by atoms with Gasteiger partial charge in [0.25, 0.3) is 0 Å². The van der Waals surface area contributed by atoms with Crippen LogP contribution in [0.1, 0.15) is 32.8 Å². The first kappa shape index (κ1) is 22.2. The summed E-state index contributed by atoms with van der Waals surface area (Å²) in [6.07, 6.45) is 4.86. The number of aliphatic imine (C=N–C) groups is 1. The zero-order chi connectivity index (χ0) is 16.2. The van der Waals surface area contributed by atoms with E-state index in [1.807, 2.05) is 24.0 Å². The molecule has 0 fully saturated rings. The molecule has 134 valence electrons. The van der Waals surface area contributed by atoms with Gasteiger partial charge >= 0.3 is 0 Å². The molecule has 1 heterocycles. The topological polar surface area (TPSA) is 63.5 Å². The Labute approximate surface area is 157 Å². The van der Waals surface area contributed by atoms with E-state index in [-0.39, 0.29) is 24.0 Å². The van der Waals surface area contributed by atoms with Crippen molar-refractivity contribution in [3.63, 3.8) is 0 Å². The second-order valence-corrected chi connectivity index (χ2v) is 5.79. The third kappa shape index (κ3) is 11.4. The summed E-state index contributed by atoms with van der Waals surface area (Å²) < 4.78 is 7.49. The van der Waals surface area contributed by atoms with Gasteiger partial charge in [0.1, 0.15) is 0 Å². The molecule has 0 unspecified atom stereocenters. The quantitative estimate of drug-likeness (QED) is 0.256. The molecular weight excluding hydrogens is 405 g/mol. The molecule has 0 spiro atoms. The highest BCUT2D eigenvalue weighted by atomic mass is 127. The molecule has 0 aromatic carbocycles. The van der Waals surface area contributed by atoms with Crippen LogP contribution in [0, 0.1) is 12.8 Å². The number of halogens is 1. The molecular formula is C16H32IN5O. The normalized spacial score (nSPS) is 11.4. The minimum Gasteiger partial charge on any atom is -0.381 e. The predicted molar refractivity (Wildman–Crippen MR) is 107 cm³/mol. The van der Waals surface area contributed by atoms with Gasteiger partial charge in [-0.1, -0.05) is 13.8 Å². The molecule has 0 radical (unpaired) electrons. The fourth-order valence-corrected chi connectivity index (χ4v) is 1.90. The van der Waals surface area contributed by atoms with Crippen LogP contribution in [-0.4, -0.2) is 48.6 Å². The van der Waals surface area contributed by atoms with Crippen LogP contribution in [0.4, 0.5) is 0 Å². The minimum atomic E-state index is 0. The lowest BCUT2D eigenvalue weighted by molar-refractivity contribution is 0.109. The first-order valence-electron chi connectivity index (χ1n) is 8.20. The van der Waals surface area contributed by atoms with Crippen LogP contribution in [0.25, 0.3) is 0 Å². The van der Waals surface area contributed by atoms with Crippen molar-refractivity contribution in [2.45, 2.75) is 40.7 Å². The molecule has 0 aliphatic carbocycles. The molecule has 0 bridgehead atoms. The Morgan fingerprint density at radius 2 is 2.17 bits per heavy atom. The van der Waals surface area contributed by atoms with Crippen molar-refractivity contribution in [3.8, 4) is 0 Å². The lowest BCUT2D eigenvalue weighted by Gasteiger charge is -2.11. The van der Waals surface area contributed by atoms with E-state index in [2.05, 4.69) is 41.5 Å². The monoisotopic (exact) mass is 437 g/mol. The van der Waals surface area contributed by atoms with Crippen LogP contribution in [0.2, 0.25) is 0 Å². The molecule has 0 amide bonds. The largest absolute Gasteiger partial charge is 0.381 e. The lowest BCUT2D eigenvalue weighted by atomic mass is 10.2. The maximum absolute atomic E-state index is 5.56. The van der Waals surface area contributed by atoms with Gasteiger partial charge in [0, 0.05) is 39.0 Å². The summed E-state index contributed by atoms with van der Waals surface area (Å²) in [5, 5.41) is 10.8. The van der Waals surface area contributed by atoms with E-state index in [1.165, 1.54) is 5.56 Å². The minimum absolute atomic E-state index is 0. The molecule has 1 aromatic rings. The highest BCUT2D eigenvalue weighted by Crippen LogP contribution is 1.94. The summed E-state index contributed by atoms with van der Waals surface area (Å²) in [4.78, 5) is 4.55. The van der Waals surface area contributed by atoms with Crippen molar-refractivity contribution in [2.75, 3.05) is 32.8 Å². The number of aromatic nitrogens is 2. The molecule has 23 heavy (non-hydrogen) atoms. The molecule has 0 saturated heterocycles. The number of nitrogens with zero attached hydrogens (tertiary/aromatic N) is 3. The summed E-state index contributed by atoms with van der Waals surface area (Å²) in [5.74, 6) is 1.45. The standard InChI is InChI=1S/C16H31N5O.HI/c1-5-17-16(18-7-6-10-22-13-14(2)3)19-8-9-21-12-15(4)11-20-21;/h11-12,14H,5-10,13H2,1-4H3,(H2,17,18,19);1H. The van der Waals surface area contributed by atoms with Crippen LogP contribution >= 0.6 is 24.0 Å². The fraction of sp³-hybridized carbons (Fsp3) is 0.750. The molecule has 0 saturated carbocycles. The van der Waals surface area contributed by atoms with E-state index >= 15 is 0 Å². The Morgan fingerprint density at radius 3 is 2.78 bits per heavy atom. The number of nitrogens with one attached hydrogen (secondary N) is 2. The summed E-state index contributed by atoms with van der Waals surface area (Å²) in [6, 6.07) is 0. The third-order valence-electron chi connectivity index (χ3n) is 2.91. The van der Waals surface area contributed by atoms with Gasteiger partial charge in [-0.25, -0.2) is 0 Å². The van der Waals surface area contributed by atoms with Crippen molar-refractivity contribution in [2.24, 2.45) is 10.9 Å². The average Bonchev–Trinajstić information content (AvgIpc) is 2.88. The zero-order valence-electron chi connectivity index (χ0n) is 14.8. The first-order chi connectivity index (χ1) is 10.6. The molecule has 1 rings (SSSR count). The highest BCUT2D eigenvalue weighted by molar-refractivity contribution is 14.0. The summed E-state index contributed by atoms with van der Waals surface area (Å²) in [5.41, 5.74) is 1.18. The summed E-state index contributed by atoms with van der Waals surface area (Å²) in [7, 11) is 0. The zero-order valence-corrected chi connectivity index (χ0v) is 17.2. The van der Waals surface area contributed by atoms with Gasteiger partial charge in [0.05, 0.1) is 12.7 Å². The molecule has 7 heteroatoms. The van der Waals surface area contributed by atoms with Gasteiger partial charge in [-0.05, 0) is 31.7 Å². The number of guanidine groups is 1. The van der Waals surface area contributed by atoms with E-state index in [1.54, 1.807) is 0 Å². The number of hydrogen-bond donors (Lipinski definition) is 2. The summed E-state index contributed by atoms with van der Waals surface area (Å²) in [6.45, 7) is 13.3. The second-order valence-electron chi connectivity index (χ2n) is 5.79. The van der Waals surface area contributed by atoms with Gasteiger partial charge in [-0.15, -0.1) is 24.0 Å². The van der Waals surface area contributed by atoms with Gasteiger partial charge in [-0.2, -0.15) is 5.10 Å². The van der Waals surface area contributed by atoms with Crippen molar-refractivity contribution in [1.82, 2.24) is 20.4 Å². The molecule has 2 N–H and O–H groups in total. The first-order valence-corrected chi connectivity index (χ1v) is 8.20. The Bertz CT molecular complexity index is 434. The Hall–Kier alpha value is -0.830. The van der Waals surface area contributed by atoms with Gasteiger partial charge < -0.3 is 15.4 Å². The molecule has 6 nitrogen and oxygen atoms in total. The average molecular weight is 437 g/mol. The maximum atomic E-state index is 5.56. The lowest BCUT2D eigenvalue weighted by Crippen LogP contribution is -2.39. The number of aryl methyl sites for hydroxylation is 1. The fourth-order valence-electron chi connectivity index (χ4n) is 1.90. The van der Waals surface area contributed by atoms with Crippen molar-refractivity contribution < 1.29 is 4.74 Å². The molecule has 1 aromatic heterocycles. The number of hydrogen-bond acceptors (Lipinski definition) is 3. The second kappa shape index (κ2) is 13.6. The Balaban J connectivity index is 0.00000484. The third-order valence-corrected chi connectivity index (χ3v) is 2.91. The number of rotatable bonds is 10. The molecule has 0 atom stereocenters. The van der Waals surface area contributed by atoms with Crippen molar-refractivity contribution in [3.05, 3.63) is 18.0 Å².